The summed E-state index contributed by atoms with van der Waals surface area (Å²) in [7, 11) is 0. The topological polar surface area (TPSA) is 37.3 Å². The molecule has 0 amide bonds. The minimum Gasteiger partial charge on any atom is -0.507 e. The van der Waals surface area contributed by atoms with E-state index in [0.717, 1.165) is 22.3 Å². The normalized spacial score (nSPS) is 12.3. The van der Waals surface area contributed by atoms with Crippen LogP contribution in [0, 0.1) is 20.8 Å². The molecule has 1 rings (SSSR count). The molecule has 0 aliphatic rings. The van der Waals surface area contributed by atoms with Gasteiger partial charge in [0.1, 0.15) is 5.76 Å². The Hall–Kier alpha value is -1.57. The Kier molecular flexibility index (Phi) is 3.53. The van der Waals surface area contributed by atoms with Gasteiger partial charge in [-0.15, -0.1) is 0 Å². The highest BCUT2D eigenvalue weighted by Crippen LogP contribution is 2.25. The molecule has 1 aromatic rings. The van der Waals surface area contributed by atoms with E-state index in [2.05, 4.69) is 0 Å². The lowest BCUT2D eigenvalue weighted by atomic mass is 9.96. The smallest absolute Gasteiger partial charge is 0.159 e. The first kappa shape index (κ1) is 12.5. The largest absolute Gasteiger partial charge is 0.507 e. The predicted molar refractivity (Wildman–Crippen MR) is 66.6 cm³/mol. The summed E-state index contributed by atoms with van der Waals surface area (Å²) in [4.78, 5) is 11.2. The molecule has 16 heavy (non-hydrogen) atoms. The van der Waals surface area contributed by atoms with E-state index in [-0.39, 0.29) is 11.5 Å². The molecular formula is C14H18O2. The summed E-state index contributed by atoms with van der Waals surface area (Å²) in [5.74, 6) is -0.000579. The molecule has 0 aliphatic heterocycles. The third-order valence-corrected chi connectivity index (χ3v) is 2.80. The Morgan fingerprint density at radius 1 is 1.06 bits per heavy atom. The van der Waals surface area contributed by atoms with E-state index in [9.17, 15) is 9.90 Å². The SMILES string of the molecule is CC(=O)/C(C)=C(\O)c1c(C)cc(C)cc1C. The molecule has 0 heterocycles. The lowest BCUT2D eigenvalue weighted by Crippen LogP contribution is -2.01. The highest BCUT2D eigenvalue weighted by atomic mass is 16.3. The summed E-state index contributed by atoms with van der Waals surface area (Å²) < 4.78 is 0. The zero-order valence-corrected chi connectivity index (χ0v) is 10.5. The van der Waals surface area contributed by atoms with Gasteiger partial charge in [-0.3, -0.25) is 4.79 Å². The Balaban J connectivity index is 3.46. The molecule has 1 aromatic carbocycles. The van der Waals surface area contributed by atoms with Gasteiger partial charge < -0.3 is 5.11 Å². The number of Topliss-reactive ketones (excluding diaryl/α,β-unsaturated/α-hetero) is 1. The number of hydrogen-bond donors (Lipinski definition) is 1. The van der Waals surface area contributed by atoms with Crippen molar-refractivity contribution in [1.82, 2.24) is 0 Å². The first-order valence-electron chi connectivity index (χ1n) is 5.33. The number of rotatable bonds is 2. The molecule has 0 aliphatic carbocycles. The maximum absolute atomic E-state index is 11.2. The average molecular weight is 218 g/mol. The van der Waals surface area contributed by atoms with Crippen molar-refractivity contribution in [3.63, 3.8) is 0 Å². The van der Waals surface area contributed by atoms with Gasteiger partial charge in [0, 0.05) is 11.1 Å². The molecular weight excluding hydrogens is 200 g/mol. The Labute approximate surface area is 96.6 Å². The number of aliphatic hydroxyl groups excluding tert-OH is 1. The molecule has 86 valence electrons. The quantitative estimate of drug-likeness (QED) is 0.609. The van der Waals surface area contributed by atoms with Gasteiger partial charge in [0.05, 0.1) is 0 Å². The van der Waals surface area contributed by atoms with Crippen LogP contribution in [0.2, 0.25) is 0 Å². The van der Waals surface area contributed by atoms with Crippen LogP contribution >= 0.6 is 0 Å². The number of carbonyl (C=O) groups excluding carboxylic acids is 1. The van der Waals surface area contributed by atoms with E-state index in [0.29, 0.717) is 5.57 Å². The van der Waals surface area contributed by atoms with Crippen LogP contribution in [0.5, 0.6) is 0 Å². The van der Waals surface area contributed by atoms with E-state index in [1.54, 1.807) is 6.92 Å². The molecule has 0 atom stereocenters. The second-order valence-corrected chi connectivity index (χ2v) is 4.30. The number of aliphatic hydroxyl groups is 1. The Bertz CT molecular complexity index is 445. The van der Waals surface area contributed by atoms with Gasteiger partial charge in [-0.25, -0.2) is 0 Å². The van der Waals surface area contributed by atoms with Crippen LogP contribution in [0.25, 0.3) is 5.76 Å². The standard InChI is InChI=1S/C14H18O2/c1-8-6-9(2)13(10(3)7-8)14(16)11(4)12(5)15/h6-7,16H,1-5H3/b14-11-. The fraction of sp³-hybridized carbons (Fsp3) is 0.357. The molecule has 1 N–H and O–H groups in total. The highest BCUT2D eigenvalue weighted by Gasteiger charge is 2.13. The fourth-order valence-corrected chi connectivity index (χ4v) is 1.91. The number of ketones is 1. The lowest BCUT2D eigenvalue weighted by molar-refractivity contribution is -0.113. The molecule has 0 saturated heterocycles. The number of aryl methyl sites for hydroxylation is 3. The van der Waals surface area contributed by atoms with E-state index in [1.807, 2.05) is 32.9 Å². The van der Waals surface area contributed by atoms with E-state index < -0.39 is 0 Å². The zero-order chi connectivity index (χ0) is 12.5. The summed E-state index contributed by atoms with van der Waals surface area (Å²) in [5, 5.41) is 10.1. The van der Waals surface area contributed by atoms with E-state index in [4.69, 9.17) is 0 Å². The maximum Gasteiger partial charge on any atom is 0.159 e. The van der Waals surface area contributed by atoms with Crippen LogP contribution in [0.15, 0.2) is 17.7 Å². The van der Waals surface area contributed by atoms with Gasteiger partial charge in [-0.1, -0.05) is 17.7 Å². The van der Waals surface area contributed by atoms with Crippen molar-refractivity contribution in [2.24, 2.45) is 0 Å². The van der Waals surface area contributed by atoms with Crippen molar-refractivity contribution in [2.45, 2.75) is 34.6 Å². The second-order valence-electron chi connectivity index (χ2n) is 4.30. The summed E-state index contributed by atoms with van der Waals surface area (Å²) >= 11 is 0. The molecule has 2 nitrogen and oxygen atoms in total. The van der Waals surface area contributed by atoms with Crippen LogP contribution < -0.4 is 0 Å². The third-order valence-electron chi connectivity index (χ3n) is 2.80. The number of hydrogen-bond acceptors (Lipinski definition) is 2. The molecule has 0 saturated carbocycles. The minimum atomic E-state index is -0.100. The molecule has 0 bridgehead atoms. The van der Waals surface area contributed by atoms with Crippen LogP contribution in [-0.2, 0) is 4.79 Å². The van der Waals surface area contributed by atoms with E-state index >= 15 is 0 Å². The van der Waals surface area contributed by atoms with Crippen LogP contribution in [0.1, 0.15) is 36.1 Å². The summed E-state index contributed by atoms with van der Waals surface area (Å²) in [6, 6.07) is 4.01. The number of allylic oxidation sites excluding steroid dienone is 1. The maximum atomic E-state index is 11.2. The summed E-state index contributed by atoms with van der Waals surface area (Å²) in [6.07, 6.45) is 0. The van der Waals surface area contributed by atoms with Crippen molar-refractivity contribution in [3.05, 3.63) is 40.0 Å². The highest BCUT2D eigenvalue weighted by molar-refractivity contribution is 5.99. The fourth-order valence-electron chi connectivity index (χ4n) is 1.91. The van der Waals surface area contributed by atoms with Crippen LogP contribution in [0.3, 0.4) is 0 Å². The molecule has 0 radical (unpaired) electrons. The van der Waals surface area contributed by atoms with Gasteiger partial charge in [-0.05, 0) is 45.7 Å². The van der Waals surface area contributed by atoms with Crippen molar-refractivity contribution < 1.29 is 9.90 Å². The lowest BCUT2D eigenvalue weighted by Gasteiger charge is -2.12. The Morgan fingerprint density at radius 2 is 1.50 bits per heavy atom. The second kappa shape index (κ2) is 4.52. The first-order chi connectivity index (χ1) is 7.34. The van der Waals surface area contributed by atoms with E-state index in [1.165, 1.54) is 6.92 Å². The van der Waals surface area contributed by atoms with Gasteiger partial charge in [0.2, 0.25) is 0 Å². The monoisotopic (exact) mass is 218 g/mol. The summed E-state index contributed by atoms with van der Waals surface area (Å²) in [5.41, 5.74) is 4.34. The van der Waals surface area contributed by atoms with Crippen molar-refractivity contribution in [3.8, 4) is 0 Å². The molecule has 0 unspecified atom stereocenters. The molecule has 0 aromatic heterocycles. The number of carbonyl (C=O) groups is 1. The minimum absolute atomic E-state index is 0.0995. The van der Waals surface area contributed by atoms with Crippen molar-refractivity contribution in [1.29, 1.82) is 0 Å². The molecule has 2 heteroatoms. The van der Waals surface area contributed by atoms with Gasteiger partial charge >= 0.3 is 0 Å². The zero-order valence-electron chi connectivity index (χ0n) is 10.5. The Morgan fingerprint density at radius 3 is 1.88 bits per heavy atom. The van der Waals surface area contributed by atoms with Crippen LogP contribution in [-0.4, -0.2) is 10.9 Å². The van der Waals surface area contributed by atoms with Crippen LogP contribution in [0.4, 0.5) is 0 Å². The average Bonchev–Trinajstić information content (AvgIpc) is 2.14. The van der Waals surface area contributed by atoms with Gasteiger partial charge in [-0.2, -0.15) is 0 Å². The number of benzene rings is 1. The third kappa shape index (κ3) is 2.32. The van der Waals surface area contributed by atoms with Gasteiger partial charge in [0.15, 0.2) is 5.78 Å². The molecule has 0 spiro atoms. The summed E-state index contributed by atoms with van der Waals surface area (Å²) in [6.45, 7) is 9.02. The van der Waals surface area contributed by atoms with Gasteiger partial charge in [0.25, 0.3) is 0 Å². The molecule has 0 fully saturated rings. The predicted octanol–water partition coefficient (Wildman–Crippen LogP) is 3.49. The van der Waals surface area contributed by atoms with Crippen molar-refractivity contribution >= 4 is 11.5 Å². The first-order valence-corrected chi connectivity index (χ1v) is 5.33. The van der Waals surface area contributed by atoms with Crippen molar-refractivity contribution in [2.75, 3.05) is 0 Å².